The molecule has 0 saturated heterocycles. The molecule has 0 aliphatic carbocycles. The number of nitrogens with one attached hydrogen (secondary N) is 1. The van der Waals surface area contributed by atoms with Gasteiger partial charge in [0.2, 0.25) is 0 Å². The average molecular weight is 227 g/mol. The Balaban J connectivity index is 2.33. The zero-order chi connectivity index (χ0) is 12.0. The van der Waals surface area contributed by atoms with Gasteiger partial charge in [-0.1, -0.05) is 12.1 Å². The van der Waals surface area contributed by atoms with E-state index in [1.165, 1.54) is 0 Å². The molecule has 0 amide bonds. The molecule has 3 N–H and O–H groups in total. The molecule has 5 heteroatoms. The van der Waals surface area contributed by atoms with E-state index in [1.54, 1.807) is 0 Å². The maximum Gasteiger partial charge on any atom is 0.145 e. The van der Waals surface area contributed by atoms with Gasteiger partial charge >= 0.3 is 0 Å². The molecule has 0 saturated carbocycles. The number of rotatable bonds is 1. The lowest BCUT2D eigenvalue weighted by Gasteiger charge is -1.99. The summed E-state index contributed by atoms with van der Waals surface area (Å²) in [5.41, 5.74) is 9.62. The third kappa shape index (κ3) is 1.39. The first-order valence-electron chi connectivity index (χ1n) is 5.40. The molecule has 1 aromatic carbocycles. The third-order valence-electron chi connectivity index (χ3n) is 3.02. The van der Waals surface area contributed by atoms with Crippen LogP contribution in [0.2, 0.25) is 0 Å². The van der Waals surface area contributed by atoms with Crippen molar-refractivity contribution in [3.63, 3.8) is 0 Å². The Morgan fingerprint density at radius 3 is 2.88 bits per heavy atom. The Kier molecular flexibility index (Phi) is 1.95. The van der Waals surface area contributed by atoms with Gasteiger partial charge in [-0.05, 0) is 13.0 Å². The fourth-order valence-electron chi connectivity index (χ4n) is 2.02. The number of benzene rings is 1. The second-order valence-corrected chi connectivity index (χ2v) is 4.10. The van der Waals surface area contributed by atoms with Crippen LogP contribution in [-0.2, 0) is 7.05 Å². The second-order valence-electron chi connectivity index (χ2n) is 4.10. The summed E-state index contributed by atoms with van der Waals surface area (Å²) in [5.74, 6) is 1.48. The Morgan fingerprint density at radius 2 is 2.18 bits per heavy atom. The van der Waals surface area contributed by atoms with Crippen molar-refractivity contribution in [3.8, 4) is 11.3 Å². The summed E-state index contributed by atoms with van der Waals surface area (Å²) < 4.78 is 2.07. The zero-order valence-electron chi connectivity index (χ0n) is 9.73. The Labute approximate surface area is 98.3 Å². The molecule has 2 aromatic heterocycles. The number of aromatic amines is 1. The van der Waals surface area contributed by atoms with Crippen molar-refractivity contribution in [1.29, 1.82) is 0 Å². The summed E-state index contributed by atoms with van der Waals surface area (Å²) in [6.45, 7) is 1.99. The van der Waals surface area contributed by atoms with Gasteiger partial charge in [-0.2, -0.15) is 5.10 Å². The molecule has 0 spiro atoms. The Hall–Kier alpha value is -2.30. The topological polar surface area (TPSA) is 72.5 Å². The minimum Gasteiger partial charge on any atom is -0.382 e. The van der Waals surface area contributed by atoms with Crippen molar-refractivity contribution in [2.75, 3.05) is 5.73 Å². The summed E-state index contributed by atoms with van der Waals surface area (Å²) in [4.78, 5) is 4.57. The van der Waals surface area contributed by atoms with Crippen molar-refractivity contribution >= 4 is 16.9 Å². The molecule has 5 nitrogen and oxygen atoms in total. The molecule has 3 aromatic rings. The molecule has 3 rings (SSSR count). The number of nitrogen functional groups attached to an aromatic ring is 1. The number of H-pyrrole nitrogens is 1. The van der Waals surface area contributed by atoms with Crippen LogP contribution in [0.15, 0.2) is 24.3 Å². The minimum absolute atomic E-state index is 0.490. The number of hydrogen-bond acceptors (Lipinski definition) is 3. The van der Waals surface area contributed by atoms with Crippen LogP contribution in [0, 0.1) is 6.92 Å². The zero-order valence-corrected chi connectivity index (χ0v) is 9.73. The predicted molar refractivity (Wildman–Crippen MR) is 67.4 cm³/mol. The summed E-state index contributed by atoms with van der Waals surface area (Å²) in [6, 6.07) is 7.90. The van der Waals surface area contributed by atoms with Gasteiger partial charge in [-0.25, -0.2) is 4.98 Å². The molecular weight excluding hydrogens is 214 g/mol. The first kappa shape index (κ1) is 9.89. The number of hydrogen-bond donors (Lipinski definition) is 2. The quantitative estimate of drug-likeness (QED) is 0.666. The molecule has 0 bridgehead atoms. The lowest BCUT2D eigenvalue weighted by Crippen LogP contribution is -1.89. The van der Waals surface area contributed by atoms with Crippen molar-refractivity contribution in [1.82, 2.24) is 19.7 Å². The van der Waals surface area contributed by atoms with E-state index in [1.807, 2.05) is 32.2 Å². The molecule has 0 aliphatic heterocycles. The van der Waals surface area contributed by atoms with E-state index in [2.05, 4.69) is 25.8 Å². The number of nitrogens with zero attached hydrogens (tertiary/aromatic N) is 3. The molecular formula is C12H13N5. The van der Waals surface area contributed by atoms with Gasteiger partial charge in [0, 0.05) is 18.7 Å². The maximum absolute atomic E-state index is 5.63. The number of nitrogens with two attached hydrogens (primary N) is 1. The van der Waals surface area contributed by atoms with E-state index in [9.17, 15) is 0 Å². The predicted octanol–water partition coefficient (Wildman–Crippen LogP) is 1.85. The van der Waals surface area contributed by atoms with E-state index in [-0.39, 0.29) is 0 Å². The highest BCUT2D eigenvalue weighted by molar-refractivity contribution is 5.91. The number of anilines is 1. The van der Waals surface area contributed by atoms with Crippen LogP contribution in [0.4, 0.5) is 5.82 Å². The van der Waals surface area contributed by atoms with Crippen LogP contribution in [0.5, 0.6) is 0 Å². The summed E-state index contributed by atoms with van der Waals surface area (Å²) >= 11 is 0. The van der Waals surface area contributed by atoms with E-state index < -0.39 is 0 Å². The van der Waals surface area contributed by atoms with E-state index in [0.29, 0.717) is 5.82 Å². The number of fused-ring (bicyclic) bond motifs is 1. The minimum atomic E-state index is 0.490. The van der Waals surface area contributed by atoms with Crippen LogP contribution >= 0.6 is 0 Å². The van der Waals surface area contributed by atoms with E-state index in [4.69, 9.17) is 5.73 Å². The largest absolute Gasteiger partial charge is 0.382 e. The van der Waals surface area contributed by atoms with Gasteiger partial charge in [0.25, 0.3) is 0 Å². The van der Waals surface area contributed by atoms with Gasteiger partial charge in [-0.15, -0.1) is 0 Å². The van der Waals surface area contributed by atoms with Crippen molar-refractivity contribution in [3.05, 3.63) is 30.1 Å². The Morgan fingerprint density at radius 1 is 1.35 bits per heavy atom. The van der Waals surface area contributed by atoms with Gasteiger partial charge in [0.15, 0.2) is 0 Å². The van der Waals surface area contributed by atoms with E-state index >= 15 is 0 Å². The van der Waals surface area contributed by atoms with Crippen molar-refractivity contribution in [2.24, 2.45) is 7.05 Å². The smallest absolute Gasteiger partial charge is 0.145 e. The van der Waals surface area contributed by atoms with Gasteiger partial charge in [0.1, 0.15) is 11.6 Å². The lowest BCUT2D eigenvalue weighted by atomic mass is 10.1. The highest BCUT2D eigenvalue weighted by atomic mass is 15.2. The molecule has 0 atom stereocenters. The standard InChI is InChI=1S/C12H13N5/c1-7-14-12-8(9-6-11(13)16-15-9)4-3-5-10(12)17(7)2/h3-6H,1-2H3,(H3,13,15,16). The molecule has 2 heterocycles. The fourth-order valence-corrected chi connectivity index (χ4v) is 2.02. The van der Waals surface area contributed by atoms with Crippen LogP contribution in [0.1, 0.15) is 5.82 Å². The van der Waals surface area contributed by atoms with Crippen molar-refractivity contribution in [2.45, 2.75) is 6.92 Å². The van der Waals surface area contributed by atoms with Gasteiger partial charge in [-0.3, -0.25) is 5.10 Å². The van der Waals surface area contributed by atoms with E-state index in [0.717, 1.165) is 28.1 Å². The monoisotopic (exact) mass is 227 g/mol. The first-order chi connectivity index (χ1) is 8.16. The summed E-state index contributed by atoms with van der Waals surface area (Å²) in [7, 11) is 2.01. The molecule has 0 aliphatic rings. The molecule has 0 radical (unpaired) electrons. The number of imidazole rings is 1. The lowest BCUT2D eigenvalue weighted by molar-refractivity contribution is 0.886. The van der Waals surface area contributed by atoms with Crippen LogP contribution < -0.4 is 5.73 Å². The number of aromatic nitrogens is 4. The number of aryl methyl sites for hydroxylation is 2. The third-order valence-corrected chi connectivity index (χ3v) is 3.02. The normalized spacial score (nSPS) is 11.2. The maximum atomic E-state index is 5.63. The van der Waals surface area contributed by atoms with Gasteiger partial charge in [0.05, 0.1) is 16.7 Å². The summed E-state index contributed by atoms with van der Waals surface area (Å²) in [5, 5.41) is 6.87. The highest BCUT2D eigenvalue weighted by Crippen LogP contribution is 2.27. The first-order valence-corrected chi connectivity index (χ1v) is 5.40. The number of para-hydroxylation sites is 1. The van der Waals surface area contributed by atoms with Gasteiger partial charge < -0.3 is 10.3 Å². The molecule has 86 valence electrons. The van der Waals surface area contributed by atoms with Crippen LogP contribution in [0.25, 0.3) is 22.3 Å². The molecule has 0 fully saturated rings. The molecule has 0 unspecified atom stereocenters. The average Bonchev–Trinajstić information content (AvgIpc) is 2.85. The van der Waals surface area contributed by atoms with Crippen LogP contribution in [0.3, 0.4) is 0 Å². The fraction of sp³-hybridized carbons (Fsp3) is 0.167. The second kappa shape index (κ2) is 3.35. The van der Waals surface area contributed by atoms with Crippen molar-refractivity contribution < 1.29 is 0 Å². The molecule has 17 heavy (non-hydrogen) atoms. The highest BCUT2D eigenvalue weighted by Gasteiger charge is 2.11. The SMILES string of the molecule is Cc1nc2c(-c3cc(N)n[nH]3)cccc2n1C. The van der Waals surface area contributed by atoms with Crippen LogP contribution in [-0.4, -0.2) is 19.7 Å². The summed E-state index contributed by atoms with van der Waals surface area (Å²) in [6.07, 6.45) is 0. The Bertz CT molecular complexity index is 692.